The summed E-state index contributed by atoms with van der Waals surface area (Å²) in [6, 6.07) is 4.98. The van der Waals surface area contributed by atoms with Crippen LogP contribution >= 0.6 is 0 Å². The van der Waals surface area contributed by atoms with E-state index in [1.165, 1.54) is 14.2 Å². The Balaban J connectivity index is 3.16. The van der Waals surface area contributed by atoms with Gasteiger partial charge < -0.3 is 9.47 Å². The zero-order chi connectivity index (χ0) is 10.6. The Kier molecular flexibility index (Phi) is 3.29. The lowest BCUT2D eigenvalue weighted by molar-refractivity contribution is 0.0600. The summed E-state index contributed by atoms with van der Waals surface area (Å²) in [5.41, 5.74) is 1.13. The molecule has 0 aliphatic rings. The number of hydrogen-bond acceptors (Lipinski definition) is 3. The molecule has 1 aromatic carbocycles. The molecule has 0 saturated carbocycles. The molecule has 1 rings (SSSR count). The molecular weight excluding hydrogens is 180 g/mol. The molecule has 14 heavy (non-hydrogen) atoms. The summed E-state index contributed by atoms with van der Waals surface area (Å²) in [7, 11) is 2.86. The van der Waals surface area contributed by atoms with Crippen LogP contribution in [0, 0.1) is 6.08 Å². The molecule has 0 heterocycles. The van der Waals surface area contributed by atoms with Crippen LogP contribution in [0.3, 0.4) is 0 Å². The molecule has 0 atom stereocenters. The van der Waals surface area contributed by atoms with Gasteiger partial charge in [-0.1, -0.05) is 6.58 Å². The van der Waals surface area contributed by atoms with Gasteiger partial charge in [-0.3, -0.25) is 0 Å². The number of esters is 1. The smallest absolute Gasteiger partial charge is 0.338 e. The maximum absolute atomic E-state index is 11.2. The first-order valence-electron chi connectivity index (χ1n) is 4.01. The van der Waals surface area contributed by atoms with Crippen LogP contribution in [0.2, 0.25) is 0 Å². The minimum Gasteiger partial charge on any atom is -0.497 e. The highest BCUT2D eigenvalue weighted by atomic mass is 16.5. The van der Waals surface area contributed by atoms with Crippen molar-refractivity contribution in [1.29, 1.82) is 0 Å². The first-order chi connectivity index (χ1) is 6.71. The van der Waals surface area contributed by atoms with Crippen LogP contribution in [0.5, 0.6) is 5.75 Å². The third kappa shape index (κ3) is 2.13. The summed E-state index contributed by atoms with van der Waals surface area (Å²) in [5, 5.41) is 0. The normalized spacial score (nSPS) is 9.29. The van der Waals surface area contributed by atoms with Crippen LogP contribution in [0.25, 0.3) is 0 Å². The number of hydrogen-bond donors (Lipinski definition) is 0. The summed E-state index contributed by atoms with van der Waals surface area (Å²) in [5.74, 6) is 0.180. The number of carbonyl (C=O) groups is 1. The van der Waals surface area contributed by atoms with Crippen molar-refractivity contribution in [3.63, 3.8) is 0 Å². The lowest BCUT2D eigenvalue weighted by Crippen LogP contribution is -2.02. The highest BCUT2D eigenvalue weighted by Crippen LogP contribution is 2.17. The minimum atomic E-state index is -0.402. The highest BCUT2D eigenvalue weighted by Gasteiger charge is 2.07. The SMILES string of the molecule is C=[C]c1cc(OC)cc(C(=O)OC)c1. The molecule has 1 aromatic rings. The highest BCUT2D eigenvalue weighted by molar-refractivity contribution is 5.90. The summed E-state index contributed by atoms with van der Waals surface area (Å²) in [6.07, 6.45) is 2.68. The monoisotopic (exact) mass is 191 g/mol. The minimum absolute atomic E-state index is 0.402. The van der Waals surface area contributed by atoms with Crippen LogP contribution in [0.15, 0.2) is 24.8 Å². The zero-order valence-corrected chi connectivity index (χ0v) is 8.16. The Bertz CT molecular complexity index is 356. The molecule has 3 heteroatoms. The summed E-state index contributed by atoms with van der Waals surface area (Å²) < 4.78 is 9.61. The average molecular weight is 191 g/mol. The van der Waals surface area contributed by atoms with Crippen molar-refractivity contribution >= 4 is 5.97 Å². The van der Waals surface area contributed by atoms with Crippen LogP contribution in [0.4, 0.5) is 0 Å². The predicted octanol–water partition coefficient (Wildman–Crippen LogP) is 1.82. The van der Waals surface area contributed by atoms with Crippen molar-refractivity contribution in [2.45, 2.75) is 0 Å². The van der Waals surface area contributed by atoms with E-state index in [1.807, 2.05) is 0 Å². The number of methoxy groups -OCH3 is 2. The van der Waals surface area contributed by atoms with E-state index >= 15 is 0 Å². The molecular formula is C11H11O3. The first-order valence-corrected chi connectivity index (χ1v) is 4.01. The van der Waals surface area contributed by atoms with Gasteiger partial charge in [-0.2, -0.15) is 0 Å². The van der Waals surface area contributed by atoms with E-state index in [1.54, 1.807) is 18.2 Å². The second kappa shape index (κ2) is 4.46. The summed E-state index contributed by atoms with van der Waals surface area (Å²) in [6.45, 7) is 3.50. The third-order valence-electron chi connectivity index (χ3n) is 1.77. The Morgan fingerprint density at radius 1 is 1.36 bits per heavy atom. The molecule has 0 N–H and O–H groups in total. The predicted molar refractivity (Wildman–Crippen MR) is 52.3 cm³/mol. The van der Waals surface area contributed by atoms with E-state index in [4.69, 9.17) is 4.74 Å². The largest absolute Gasteiger partial charge is 0.497 e. The molecule has 0 bridgehead atoms. The van der Waals surface area contributed by atoms with E-state index in [-0.39, 0.29) is 0 Å². The lowest BCUT2D eigenvalue weighted by atomic mass is 10.1. The number of benzene rings is 1. The quantitative estimate of drug-likeness (QED) is 0.683. The van der Waals surface area contributed by atoms with E-state index in [9.17, 15) is 4.79 Å². The summed E-state index contributed by atoms with van der Waals surface area (Å²) in [4.78, 5) is 11.2. The molecule has 0 amide bonds. The van der Waals surface area contributed by atoms with Gasteiger partial charge in [0, 0.05) is 0 Å². The fourth-order valence-electron chi connectivity index (χ4n) is 1.05. The van der Waals surface area contributed by atoms with E-state index in [0.717, 1.165) is 0 Å². The molecule has 0 unspecified atom stereocenters. The maximum atomic E-state index is 11.2. The Hall–Kier alpha value is -1.77. The second-order valence-electron chi connectivity index (χ2n) is 2.62. The Morgan fingerprint density at radius 3 is 2.57 bits per heavy atom. The van der Waals surface area contributed by atoms with Crippen molar-refractivity contribution in [1.82, 2.24) is 0 Å². The first kappa shape index (κ1) is 10.3. The molecule has 73 valence electrons. The van der Waals surface area contributed by atoms with Gasteiger partial charge in [-0.25, -0.2) is 4.79 Å². The molecule has 1 radical (unpaired) electrons. The topological polar surface area (TPSA) is 35.5 Å². The van der Waals surface area contributed by atoms with Gasteiger partial charge in [0.25, 0.3) is 0 Å². The van der Waals surface area contributed by atoms with Gasteiger partial charge in [-0.15, -0.1) is 0 Å². The van der Waals surface area contributed by atoms with Gasteiger partial charge in [-0.05, 0) is 29.8 Å². The van der Waals surface area contributed by atoms with E-state index < -0.39 is 5.97 Å². The number of rotatable bonds is 3. The molecule has 0 aliphatic heterocycles. The Labute approximate surface area is 83.0 Å². The molecule has 0 aliphatic carbocycles. The van der Waals surface area contributed by atoms with Crippen molar-refractivity contribution in [3.8, 4) is 5.75 Å². The van der Waals surface area contributed by atoms with Crippen LogP contribution in [0.1, 0.15) is 15.9 Å². The van der Waals surface area contributed by atoms with Crippen molar-refractivity contribution in [2.75, 3.05) is 14.2 Å². The van der Waals surface area contributed by atoms with E-state index in [2.05, 4.69) is 17.4 Å². The maximum Gasteiger partial charge on any atom is 0.338 e. The van der Waals surface area contributed by atoms with Crippen LogP contribution in [-0.2, 0) is 4.74 Å². The Morgan fingerprint density at radius 2 is 2.07 bits per heavy atom. The molecule has 0 fully saturated rings. The number of ether oxygens (including phenoxy) is 2. The molecule has 0 spiro atoms. The standard InChI is InChI=1S/C11H11O3/c1-4-8-5-9(11(12)14-3)7-10(6-8)13-2/h5-7H,1H2,2-3H3. The van der Waals surface area contributed by atoms with Gasteiger partial charge in [0.05, 0.1) is 19.8 Å². The van der Waals surface area contributed by atoms with E-state index in [0.29, 0.717) is 16.9 Å². The average Bonchev–Trinajstić information content (AvgIpc) is 2.27. The van der Waals surface area contributed by atoms with Gasteiger partial charge in [0.15, 0.2) is 0 Å². The van der Waals surface area contributed by atoms with Gasteiger partial charge in [0.2, 0.25) is 0 Å². The number of carbonyl (C=O) groups excluding carboxylic acids is 1. The van der Waals surface area contributed by atoms with Crippen molar-refractivity contribution in [3.05, 3.63) is 42.0 Å². The molecule has 0 aromatic heterocycles. The fraction of sp³-hybridized carbons (Fsp3) is 0.182. The molecule has 3 nitrogen and oxygen atoms in total. The third-order valence-corrected chi connectivity index (χ3v) is 1.77. The zero-order valence-electron chi connectivity index (χ0n) is 8.16. The van der Waals surface area contributed by atoms with Crippen LogP contribution < -0.4 is 4.74 Å². The van der Waals surface area contributed by atoms with Crippen LogP contribution in [-0.4, -0.2) is 20.2 Å². The lowest BCUT2D eigenvalue weighted by Gasteiger charge is -2.04. The molecule has 0 saturated heterocycles. The summed E-state index contributed by atoms with van der Waals surface area (Å²) >= 11 is 0. The van der Waals surface area contributed by atoms with Crippen molar-refractivity contribution in [2.24, 2.45) is 0 Å². The van der Waals surface area contributed by atoms with Gasteiger partial charge in [0.1, 0.15) is 5.75 Å². The van der Waals surface area contributed by atoms with Gasteiger partial charge >= 0.3 is 5.97 Å². The second-order valence-corrected chi connectivity index (χ2v) is 2.62. The van der Waals surface area contributed by atoms with Crippen molar-refractivity contribution < 1.29 is 14.3 Å². The fourth-order valence-corrected chi connectivity index (χ4v) is 1.05.